The number of aromatic nitrogens is 2. The first kappa shape index (κ1) is 18.4. The van der Waals surface area contributed by atoms with Crippen LogP contribution in [0.25, 0.3) is 11.4 Å². The number of hydrogen-bond acceptors (Lipinski definition) is 6. The van der Waals surface area contributed by atoms with Gasteiger partial charge in [-0.15, -0.1) is 0 Å². The maximum atomic E-state index is 12.5. The van der Waals surface area contributed by atoms with Crippen LogP contribution in [0.1, 0.15) is 34.8 Å². The van der Waals surface area contributed by atoms with E-state index in [-0.39, 0.29) is 5.91 Å². The van der Waals surface area contributed by atoms with E-state index in [0.717, 1.165) is 11.1 Å². The Hall–Kier alpha value is -3.35. The summed E-state index contributed by atoms with van der Waals surface area (Å²) in [6.45, 7) is 3.77. The molecule has 0 fully saturated rings. The van der Waals surface area contributed by atoms with Gasteiger partial charge in [-0.3, -0.25) is 4.79 Å². The Bertz CT molecular complexity index is 952. The topological polar surface area (TPSA) is 86.5 Å². The highest BCUT2D eigenvalue weighted by molar-refractivity contribution is 5.95. The number of nitrogens with one attached hydrogen (secondary N) is 1. The molecule has 0 saturated heterocycles. The Morgan fingerprint density at radius 3 is 2.56 bits per heavy atom. The minimum absolute atomic E-state index is 0.279. The fourth-order valence-corrected chi connectivity index (χ4v) is 2.66. The van der Waals surface area contributed by atoms with E-state index in [4.69, 9.17) is 14.0 Å². The zero-order chi connectivity index (χ0) is 19.4. The number of aryl methyl sites for hydroxylation is 1. The second kappa shape index (κ2) is 7.90. The van der Waals surface area contributed by atoms with E-state index < -0.39 is 6.04 Å². The Morgan fingerprint density at radius 1 is 1.11 bits per heavy atom. The van der Waals surface area contributed by atoms with Crippen molar-refractivity contribution in [3.05, 3.63) is 59.5 Å². The SMILES string of the molecule is COc1ccc(C(=O)NC(C)c2nc(-c3ccccc3C)no2)cc1OC. The van der Waals surface area contributed by atoms with Gasteiger partial charge in [0.1, 0.15) is 6.04 Å². The number of ether oxygens (including phenoxy) is 2. The summed E-state index contributed by atoms with van der Waals surface area (Å²) in [5.41, 5.74) is 2.39. The van der Waals surface area contributed by atoms with Crippen molar-refractivity contribution in [1.29, 1.82) is 0 Å². The van der Waals surface area contributed by atoms with Crippen molar-refractivity contribution in [2.75, 3.05) is 14.2 Å². The lowest BCUT2D eigenvalue weighted by atomic mass is 10.1. The van der Waals surface area contributed by atoms with Gasteiger partial charge in [-0.1, -0.05) is 29.4 Å². The molecule has 0 aliphatic heterocycles. The second-order valence-electron chi connectivity index (χ2n) is 6.04. The van der Waals surface area contributed by atoms with Crippen LogP contribution in [0.3, 0.4) is 0 Å². The lowest BCUT2D eigenvalue weighted by Gasteiger charge is -2.12. The summed E-state index contributed by atoms with van der Waals surface area (Å²) in [6.07, 6.45) is 0. The highest BCUT2D eigenvalue weighted by atomic mass is 16.5. The Morgan fingerprint density at radius 2 is 1.85 bits per heavy atom. The molecule has 0 radical (unpaired) electrons. The smallest absolute Gasteiger partial charge is 0.252 e. The van der Waals surface area contributed by atoms with Gasteiger partial charge in [0.25, 0.3) is 5.91 Å². The van der Waals surface area contributed by atoms with Crippen molar-refractivity contribution in [2.24, 2.45) is 0 Å². The first-order chi connectivity index (χ1) is 13.0. The number of benzene rings is 2. The highest BCUT2D eigenvalue weighted by Gasteiger charge is 2.19. The number of carbonyl (C=O) groups excluding carboxylic acids is 1. The normalized spacial score (nSPS) is 11.7. The molecule has 140 valence electrons. The molecule has 3 aromatic rings. The molecule has 0 saturated carbocycles. The van der Waals surface area contributed by atoms with Gasteiger partial charge in [0.2, 0.25) is 11.7 Å². The van der Waals surface area contributed by atoms with Gasteiger partial charge in [-0.2, -0.15) is 4.98 Å². The summed E-state index contributed by atoms with van der Waals surface area (Å²) in [5.74, 6) is 1.59. The fourth-order valence-electron chi connectivity index (χ4n) is 2.66. The minimum Gasteiger partial charge on any atom is -0.493 e. The molecule has 1 aromatic heterocycles. The summed E-state index contributed by atoms with van der Waals surface area (Å²) in [6, 6.07) is 12.3. The average molecular weight is 367 g/mol. The molecular weight excluding hydrogens is 346 g/mol. The lowest BCUT2D eigenvalue weighted by molar-refractivity contribution is 0.0932. The predicted octanol–water partition coefficient (Wildman–Crippen LogP) is 3.55. The van der Waals surface area contributed by atoms with Crippen molar-refractivity contribution >= 4 is 5.91 Å². The van der Waals surface area contributed by atoms with E-state index in [1.807, 2.05) is 31.2 Å². The molecule has 27 heavy (non-hydrogen) atoms. The third-order valence-electron chi connectivity index (χ3n) is 4.19. The summed E-state index contributed by atoms with van der Waals surface area (Å²) < 4.78 is 15.8. The maximum absolute atomic E-state index is 12.5. The molecule has 1 amide bonds. The van der Waals surface area contributed by atoms with E-state index in [2.05, 4.69) is 15.5 Å². The monoisotopic (exact) mass is 367 g/mol. The molecule has 0 aliphatic rings. The van der Waals surface area contributed by atoms with Gasteiger partial charge in [-0.25, -0.2) is 0 Å². The van der Waals surface area contributed by atoms with Gasteiger partial charge in [0.05, 0.1) is 14.2 Å². The van der Waals surface area contributed by atoms with E-state index in [1.54, 1.807) is 32.2 Å². The zero-order valence-electron chi connectivity index (χ0n) is 15.6. The standard InChI is InChI=1S/C20H21N3O4/c1-12-7-5-6-8-15(12)18-22-20(27-23-18)13(2)21-19(24)14-9-10-16(25-3)17(11-14)26-4/h5-11,13H,1-4H3,(H,21,24). The van der Waals surface area contributed by atoms with Gasteiger partial charge in [0.15, 0.2) is 11.5 Å². The van der Waals surface area contributed by atoms with Crippen LogP contribution in [0.2, 0.25) is 0 Å². The third-order valence-corrected chi connectivity index (χ3v) is 4.19. The summed E-state index contributed by atoms with van der Waals surface area (Å²) in [7, 11) is 3.06. The number of hydrogen-bond donors (Lipinski definition) is 1. The molecule has 7 heteroatoms. The first-order valence-corrected chi connectivity index (χ1v) is 8.46. The second-order valence-corrected chi connectivity index (χ2v) is 6.04. The van der Waals surface area contributed by atoms with Crippen molar-refractivity contribution < 1.29 is 18.8 Å². The van der Waals surface area contributed by atoms with E-state index in [1.165, 1.54) is 7.11 Å². The van der Waals surface area contributed by atoms with Gasteiger partial charge in [0, 0.05) is 11.1 Å². The van der Waals surface area contributed by atoms with Crippen LogP contribution < -0.4 is 14.8 Å². The van der Waals surface area contributed by atoms with Gasteiger partial charge in [-0.05, 0) is 37.6 Å². The molecule has 3 rings (SSSR count). The van der Waals surface area contributed by atoms with Crippen LogP contribution in [0, 0.1) is 6.92 Å². The predicted molar refractivity (Wildman–Crippen MR) is 99.9 cm³/mol. The number of carbonyl (C=O) groups is 1. The van der Waals surface area contributed by atoms with Gasteiger partial charge >= 0.3 is 0 Å². The zero-order valence-corrected chi connectivity index (χ0v) is 15.6. The molecule has 7 nitrogen and oxygen atoms in total. The molecule has 1 N–H and O–H groups in total. The quantitative estimate of drug-likeness (QED) is 0.717. The van der Waals surface area contributed by atoms with Crippen molar-refractivity contribution in [3.8, 4) is 22.9 Å². The van der Waals surface area contributed by atoms with Crippen LogP contribution in [0.4, 0.5) is 0 Å². The number of rotatable bonds is 6. The van der Waals surface area contributed by atoms with E-state index in [9.17, 15) is 4.79 Å². The van der Waals surface area contributed by atoms with Crippen LogP contribution in [0.15, 0.2) is 47.0 Å². The first-order valence-electron chi connectivity index (χ1n) is 8.46. The third kappa shape index (κ3) is 3.92. The van der Waals surface area contributed by atoms with Crippen molar-refractivity contribution in [1.82, 2.24) is 15.5 Å². The van der Waals surface area contributed by atoms with Gasteiger partial charge < -0.3 is 19.3 Å². The average Bonchev–Trinajstić information content (AvgIpc) is 3.17. The fraction of sp³-hybridized carbons (Fsp3) is 0.250. The minimum atomic E-state index is -0.448. The van der Waals surface area contributed by atoms with E-state index >= 15 is 0 Å². The molecule has 2 aromatic carbocycles. The summed E-state index contributed by atoms with van der Waals surface area (Å²) in [4.78, 5) is 16.9. The van der Waals surface area contributed by atoms with Crippen LogP contribution in [-0.2, 0) is 0 Å². The Kier molecular flexibility index (Phi) is 5.40. The molecular formula is C20H21N3O4. The number of methoxy groups -OCH3 is 2. The van der Waals surface area contributed by atoms with E-state index in [0.29, 0.717) is 28.8 Å². The summed E-state index contributed by atoms with van der Waals surface area (Å²) >= 11 is 0. The lowest BCUT2D eigenvalue weighted by Crippen LogP contribution is -2.26. The highest BCUT2D eigenvalue weighted by Crippen LogP contribution is 2.28. The van der Waals surface area contributed by atoms with Crippen LogP contribution in [0.5, 0.6) is 11.5 Å². The number of nitrogens with zero attached hydrogens (tertiary/aromatic N) is 2. The van der Waals surface area contributed by atoms with Crippen molar-refractivity contribution in [3.63, 3.8) is 0 Å². The van der Waals surface area contributed by atoms with Crippen LogP contribution >= 0.6 is 0 Å². The molecule has 1 heterocycles. The largest absolute Gasteiger partial charge is 0.493 e. The Balaban J connectivity index is 1.75. The molecule has 0 bridgehead atoms. The summed E-state index contributed by atoms with van der Waals surface area (Å²) in [5, 5.41) is 6.87. The van der Waals surface area contributed by atoms with Crippen LogP contribution in [-0.4, -0.2) is 30.3 Å². The molecule has 0 aliphatic carbocycles. The Labute approximate surface area is 157 Å². The molecule has 0 spiro atoms. The molecule has 1 unspecified atom stereocenters. The molecule has 1 atom stereocenters. The maximum Gasteiger partial charge on any atom is 0.252 e. The number of amides is 1. The van der Waals surface area contributed by atoms with Crippen molar-refractivity contribution in [2.45, 2.75) is 19.9 Å².